The number of rotatable bonds is 3. The zero-order valence-electron chi connectivity index (χ0n) is 4.24. The van der Waals surface area contributed by atoms with Crippen LogP contribution in [0.1, 0.15) is 19.8 Å². The van der Waals surface area contributed by atoms with Crippen LogP contribution in [0.3, 0.4) is 0 Å². The van der Waals surface area contributed by atoms with Crippen LogP contribution in [0.5, 0.6) is 0 Å². The second kappa shape index (κ2) is 5.49. The number of unbranched alkanes of at least 4 members (excludes halogenated alkanes) is 1. The van der Waals surface area contributed by atoms with E-state index in [0.29, 0.717) is 0 Å². The van der Waals surface area contributed by atoms with E-state index < -0.39 is 0 Å². The molecule has 1 radical (unpaired) electrons. The van der Waals surface area contributed by atoms with Gasteiger partial charge in [0.25, 0.3) is 0 Å². The maximum Gasteiger partial charge on any atom is 0.394 e. The molecule has 0 fully saturated rings. The van der Waals surface area contributed by atoms with Crippen LogP contribution in [0.4, 0.5) is 0 Å². The van der Waals surface area contributed by atoms with Crippen molar-refractivity contribution in [3.05, 3.63) is 0 Å². The Bertz CT molecular complexity index is 19.5. The molecule has 0 spiro atoms. The van der Waals surface area contributed by atoms with Crippen molar-refractivity contribution in [3.8, 4) is 0 Å². The molecular weight excluding hydrogens is 91.0 g/mol. The Kier molecular flexibility index (Phi) is 5.94. The molecule has 0 aliphatic heterocycles. The van der Waals surface area contributed by atoms with Gasteiger partial charge in [-0.05, 0) is 6.42 Å². The fourth-order valence-electron chi connectivity index (χ4n) is 0.246. The van der Waals surface area contributed by atoms with E-state index in [4.69, 9.17) is 3.79 Å². The highest BCUT2D eigenvalue weighted by molar-refractivity contribution is 5.97. The molecule has 0 saturated heterocycles. The molecule has 0 aliphatic carbocycles. The van der Waals surface area contributed by atoms with E-state index in [1.54, 1.807) is 16.6 Å². The Morgan fingerprint density at radius 2 is 2.33 bits per heavy atom. The zero-order chi connectivity index (χ0) is 4.83. The SMILES string of the molecule is CCCC[O][AlH]. The summed E-state index contributed by atoms with van der Waals surface area (Å²) < 4.78 is 4.81. The minimum absolute atomic E-state index is 0.926. The Hall–Kier alpha value is 0.492. The minimum Gasteiger partial charge on any atom is -0.510 e. The van der Waals surface area contributed by atoms with Crippen molar-refractivity contribution in [1.82, 2.24) is 0 Å². The van der Waals surface area contributed by atoms with Gasteiger partial charge in [-0.3, -0.25) is 0 Å². The van der Waals surface area contributed by atoms with Crippen LogP contribution in [0, 0.1) is 0 Å². The van der Waals surface area contributed by atoms with E-state index in [1.165, 1.54) is 12.8 Å². The molecule has 6 heavy (non-hydrogen) atoms. The zero-order valence-corrected chi connectivity index (χ0v) is 5.65. The monoisotopic (exact) mass is 101 g/mol. The van der Waals surface area contributed by atoms with Gasteiger partial charge in [-0.15, -0.1) is 0 Å². The van der Waals surface area contributed by atoms with E-state index in [0.717, 1.165) is 6.61 Å². The van der Waals surface area contributed by atoms with E-state index in [9.17, 15) is 0 Å². The van der Waals surface area contributed by atoms with Gasteiger partial charge < -0.3 is 3.79 Å². The third-order valence-corrected chi connectivity index (χ3v) is 0.931. The summed E-state index contributed by atoms with van der Waals surface area (Å²) in [5.74, 6) is 0. The molecule has 0 atom stereocenters. The van der Waals surface area contributed by atoms with E-state index in [1.807, 2.05) is 0 Å². The smallest absolute Gasteiger partial charge is 0.394 e. The fourth-order valence-corrected chi connectivity index (χ4v) is 0.451. The van der Waals surface area contributed by atoms with Crippen LogP contribution in [0.2, 0.25) is 0 Å². The van der Waals surface area contributed by atoms with Crippen LogP contribution < -0.4 is 0 Å². The summed E-state index contributed by atoms with van der Waals surface area (Å²) in [5.41, 5.74) is 0. The molecule has 0 unspecified atom stereocenters. The van der Waals surface area contributed by atoms with E-state index in [2.05, 4.69) is 6.92 Å². The van der Waals surface area contributed by atoms with Gasteiger partial charge in [0, 0.05) is 6.61 Å². The Balaban J connectivity index is 2.34. The predicted octanol–water partition coefficient (Wildman–Crippen LogP) is 0.619. The van der Waals surface area contributed by atoms with Gasteiger partial charge in [0.1, 0.15) is 0 Å². The largest absolute Gasteiger partial charge is 0.510 e. The fraction of sp³-hybridized carbons (Fsp3) is 1.00. The van der Waals surface area contributed by atoms with Crippen molar-refractivity contribution in [3.63, 3.8) is 0 Å². The second-order valence-corrected chi connectivity index (χ2v) is 1.67. The van der Waals surface area contributed by atoms with Gasteiger partial charge in [0.15, 0.2) is 0 Å². The molecule has 35 valence electrons. The lowest BCUT2D eigenvalue weighted by Gasteiger charge is -1.91. The predicted molar refractivity (Wildman–Crippen MR) is 28.0 cm³/mol. The molecule has 2 heteroatoms. The Labute approximate surface area is 47.4 Å². The van der Waals surface area contributed by atoms with Gasteiger partial charge in [-0.1, -0.05) is 13.3 Å². The lowest BCUT2D eigenvalue weighted by atomic mass is 10.4. The molecule has 0 aromatic heterocycles. The van der Waals surface area contributed by atoms with E-state index >= 15 is 0 Å². The first-order chi connectivity index (χ1) is 2.91. The quantitative estimate of drug-likeness (QED) is 0.374. The lowest BCUT2D eigenvalue weighted by Crippen LogP contribution is -1.85. The molecule has 0 rings (SSSR count). The maximum atomic E-state index is 4.81. The van der Waals surface area contributed by atoms with Gasteiger partial charge >= 0.3 is 16.6 Å². The van der Waals surface area contributed by atoms with Crippen LogP contribution in [-0.2, 0) is 3.79 Å². The molecule has 0 aromatic rings. The maximum absolute atomic E-state index is 4.81. The minimum atomic E-state index is 0.926. The second-order valence-electron chi connectivity index (χ2n) is 1.26. The Morgan fingerprint density at radius 3 is 2.50 bits per heavy atom. The highest BCUT2D eigenvalue weighted by Gasteiger charge is 1.74. The van der Waals surface area contributed by atoms with Crippen molar-refractivity contribution in [1.29, 1.82) is 0 Å². The highest BCUT2D eigenvalue weighted by atomic mass is 27.1. The third kappa shape index (κ3) is 4.49. The molecule has 0 heterocycles. The first-order valence-corrected chi connectivity index (χ1v) is 2.86. The summed E-state index contributed by atoms with van der Waals surface area (Å²) in [5, 5.41) is 0. The summed E-state index contributed by atoms with van der Waals surface area (Å²) in [6.45, 7) is 3.08. The highest BCUT2D eigenvalue weighted by Crippen LogP contribution is 1.82. The summed E-state index contributed by atoms with van der Waals surface area (Å²) in [4.78, 5) is 0. The molecule has 0 bridgehead atoms. The van der Waals surface area contributed by atoms with Crippen LogP contribution >= 0.6 is 0 Å². The molecule has 0 saturated carbocycles. The van der Waals surface area contributed by atoms with Crippen molar-refractivity contribution < 1.29 is 3.79 Å². The van der Waals surface area contributed by atoms with Gasteiger partial charge in [-0.2, -0.15) is 0 Å². The standard InChI is InChI=1S/C4H9O.Al.H/c1-2-3-4-5;;/h2-4H2,1H3;;/q-1;+1;. The van der Waals surface area contributed by atoms with Crippen LogP contribution in [-0.4, -0.2) is 23.2 Å². The summed E-state index contributed by atoms with van der Waals surface area (Å²) in [7, 11) is 0. The first-order valence-electron chi connectivity index (χ1n) is 2.28. The van der Waals surface area contributed by atoms with Crippen molar-refractivity contribution in [2.75, 3.05) is 6.61 Å². The Morgan fingerprint density at radius 1 is 1.67 bits per heavy atom. The van der Waals surface area contributed by atoms with Crippen molar-refractivity contribution in [2.24, 2.45) is 0 Å². The summed E-state index contributed by atoms with van der Waals surface area (Å²) in [6.07, 6.45) is 2.43. The van der Waals surface area contributed by atoms with Gasteiger partial charge in [-0.25, -0.2) is 0 Å². The van der Waals surface area contributed by atoms with Crippen LogP contribution in [0.15, 0.2) is 0 Å². The molecular formula is C4H10AlO. The molecule has 0 amide bonds. The summed E-state index contributed by atoms with van der Waals surface area (Å²) >= 11 is 1.57. The molecule has 1 nitrogen and oxygen atoms in total. The average molecular weight is 101 g/mol. The van der Waals surface area contributed by atoms with Gasteiger partial charge in [0.2, 0.25) is 0 Å². The average Bonchev–Trinajstić information content (AvgIpc) is 1.61. The number of hydrogen-bond donors (Lipinski definition) is 0. The van der Waals surface area contributed by atoms with Crippen molar-refractivity contribution in [2.45, 2.75) is 19.8 Å². The normalized spacial score (nSPS) is 8.83. The molecule has 0 aliphatic rings. The topological polar surface area (TPSA) is 9.23 Å². The first kappa shape index (κ1) is 6.49. The van der Waals surface area contributed by atoms with Crippen LogP contribution in [0.25, 0.3) is 0 Å². The number of hydrogen-bond acceptors (Lipinski definition) is 1. The van der Waals surface area contributed by atoms with Gasteiger partial charge in [0.05, 0.1) is 0 Å². The third-order valence-electron chi connectivity index (χ3n) is 0.642. The van der Waals surface area contributed by atoms with Crippen molar-refractivity contribution >= 4 is 16.6 Å². The molecule has 0 N–H and O–H groups in total. The summed E-state index contributed by atoms with van der Waals surface area (Å²) in [6, 6.07) is 0. The molecule has 0 aromatic carbocycles. The lowest BCUT2D eigenvalue weighted by molar-refractivity contribution is 0.339. The van der Waals surface area contributed by atoms with E-state index in [-0.39, 0.29) is 0 Å².